The summed E-state index contributed by atoms with van der Waals surface area (Å²) in [6, 6.07) is 8.94. The number of hydrogen-bond donors (Lipinski definition) is 3. The van der Waals surface area contributed by atoms with Gasteiger partial charge in [-0.05, 0) is 43.9 Å². The number of phosphoric ester groups is 1. The summed E-state index contributed by atoms with van der Waals surface area (Å²) in [5, 5.41) is 12.7. The van der Waals surface area contributed by atoms with E-state index in [-0.39, 0.29) is 11.6 Å². The summed E-state index contributed by atoms with van der Waals surface area (Å²) >= 11 is 0. The van der Waals surface area contributed by atoms with E-state index in [1.54, 1.807) is 42.9 Å². The average Bonchev–Trinajstić information content (AvgIpc) is 3.25. The molecule has 1 amide bonds. The van der Waals surface area contributed by atoms with Crippen LogP contribution in [0.1, 0.15) is 5.69 Å². The van der Waals surface area contributed by atoms with Gasteiger partial charge in [-0.25, -0.2) is 14.5 Å². The van der Waals surface area contributed by atoms with Crippen LogP contribution < -0.4 is 5.32 Å². The molecule has 38 heavy (non-hydrogen) atoms. The van der Waals surface area contributed by atoms with Gasteiger partial charge in [-0.3, -0.25) is 14.3 Å². The Kier molecular flexibility index (Phi) is 8.07. The van der Waals surface area contributed by atoms with Crippen molar-refractivity contribution in [1.29, 1.82) is 5.26 Å². The number of hydrogen-bond acceptors (Lipinski definition) is 8. The number of likely N-dealkylation sites (N-methyl/N-ethyl adjacent to an activating group) is 1. The number of nitriles is 1. The Balaban J connectivity index is 1.72. The molecule has 0 saturated heterocycles. The summed E-state index contributed by atoms with van der Waals surface area (Å²) in [5.41, 5.74) is 3.83. The van der Waals surface area contributed by atoms with Crippen LogP contribution in [-0.4, -0.2) is 60.8 Å². The number of anilines is 1. The van der Waals surface area contributed by atoms with Crippen LogP contribution in [0.5, 0.6) is 0 Å². The van der Waals surface area contributed by atoms with Crippen molar-refractivity contribution in [2.75, 3.05) is 26.0 Å². The molecule has 0 aromatic carbocycles. The molecule has 3 N–H and O–H groups in total. The second kappa shape index (κ2) is 11.4. The van der Waals surface area contributed by atoms with E-state index in [0.29, 0.717) is 45.5 Å². The van der Waals surface area contributed by atoms with Crippen LogP contribution in [0.4, 0.5) is 5.69 Å². The van der Waals surface area contributed by atoms with Gasteiger partial charge >= 0.3 is 7.82 Å². The fourth-order valence-electron chi connectivity index (χ4n) is 3.67. The maximum Gasteiger partial charge on any atom is 0.471 e. The van der Waals surface area contributed by atoms with Gasteiger partial charge in [-0.2, -0.15) is 5.26 Å². The summed E-state index contributed by atoms with van der Waals surface area (Å²) in [7, 11) is -0.914. The Hall–Kier alpha value is -4.24. The van der Waals surface area contributed by atoms with Gasteiger partial charge in [-0.15, -0.1) is 0 Å². The predicted octanol–water partition coefficient (Wildman–Crippen LogP) is 3.16. The van der Waals surface area contributed by atoms with Crippen molar-refractivity contribution < 1.29 is 23.7 Å². The van der Waals surface area contributed by atoms with E-state index in [1.807, 2.05) is 31.1 Å². The molecule has 0 aliphatic heterocycles. The van der Waals surface area contributed by atoms with E-state index in [9.17, 15) is 14.6 Å². The second-order valence-electron chi connectivity index (χ2n) is 8.51. The van der Waals surface area contributed by atoms with E-state index >= 15 is 0 Å². The first kappa shape index (κ1) is 26.8. The van der Waals surface area contributed by atoms with Crippen molar-refractivity contribution in [3.8, 4) is 28.3 Å². The number of nitrogens with one attached hydrogen (secondary N) is 1. The fraction of sp³-hybridized carbons (Fsp3) is 0.160. The molecule has 0 bridgehead atoms. The highest BCUT2D eigenvalue weighted by Crippen LogP contribution is 2.38. The molecule has 4 rings (SSSR count). The minimum atomic E-state index is -4.72. The normalized spacial score (nSPS) is 11.8. The molecule has 0 saturated carbocycles. The lowest BCUT2D eigenvalue weighted by Gasteiger charge is -2.08. The number of carbonyl (C=O) groups is 1. The van der Waals surface area contributed by atoms with Crippen LogP contribution >= 0.6 is 7.82 Å². The van der Waals surface area contributed by atoms with Crippen molar-refractivity contribution >= 4 is 30.5 Å². The van der Waals surface area contributed by atoms with Crippen LogP contribution in [0.2, 0.25) is 0 Å². The van der Waals surface area contributed by atoms with Crippen molar-refractivity contribution in [3.05, 3.63) is 73.1 Å². The first-order valence-electron chi connectivity index (χ1n) is 11.3. The molecular weight excluding hydrogens is 509 g/mol. The fourth-order valence-corrected chi connectivity index (χ4v) is 3.95. The molecule has 4 heterocycles. The third-order valence-electron chi connectivity index (χ3n) is 5.34. The van der Waals surface area contributed by atoms with E-state index in [2.05, 4.69) is 20.3 Å². The van der Waals surface area contributed by atoms with Crippen LogP contribution in [0, 0.1) is 11.3 Å². The zero-order valence-corrected chi connectivity index (χ0v) is 21.4. The first-order chi connectivity index (χ1) is 18.1. The third-order valence-corrected chi connectivity index (χ3v) is 5.80. The summed E-state index contributed by atoms with van der Waals surface area (Å²) in [4.78, 5) is 45.3. The van der Waals surface area contributed by atoms with E-state index in [1.165, 1.54) is 23.0 Å². The van der Waals surface area contributed by atoms with Crippen LogP contribution in [-0.2, 0) is 20.6 Å². The maximum absolute atomic E-state index is 12.3. The van der Waals surface area contributed by atoms with Crippen LogP contribution in [0.3, 0.4) is 0 Å². The van der Waals surface area contributed by atoms with Gasteiger partial charge in [0.25, 0.3) is 0 Å². The molecule has 0 radical (unpaired) electrons. The first-order valence-corrected chi connectivity index (χ1v) is 12.8. The van der Waals surface area contributed by atoms with Gasteiger partial charge in [0.2, 0.25) is 5.91 Å². The maximum atomic E-state index is 12.3. The molecule has 0 aliphatic carbocycles. The number of phosphoric acid groups is 1. The lowest BCUT2D eigenvalue weighted by Crippen LogP contribution is -2.13. The minimum Gasteiger partial charge on any atom is -0.321 e. The largest absolute Gasteiger partial charge is 0.471 e. The zero-order chi connectivity index (χ0) is 27.3. The Morgan fingerprint density at radius 2 is 1.97 bits per heavy atom. The molecule has 194 valence electrons. The van der Waals surface area contributed by atoms with E-state index in [4.69, 9.17) is 14.3 Å². The van der Waals surface area contributed by atoms with E-state index in [0.717, 1.165) is 0 Å². The molecule has 0 spiro atoms. The highest BCUT2D eigenvalue weighted by Gasteiger charge is 2.18. The monoisotopic (exact) mass is 533 g/mol. The Morgan fingerprint density at radius 3 is 2.71 bits per heavy atom. The Labute approximate surface area is 218 Å². The number of nitrogens with zero attached hydrogens (tertiary/aromatic N) is 6. The lowest BCUT2D eigenvalue weighted by atomic mass is 10.0. The van der Waals surface area contributed by atoms with Crippen molar-refractivity contribution in [3.63, 3.8) is 0 Å². The Bertz CT molecular complexity index is 1600. The van der Waals surface area contributed by atoms with Gasteiger partial charge in [0, 0.05) is 59.5 Å². The van der Waals surface area contributed by atoms with Gasteiger partial charge in [0.05, 0.1) is 11.9 Å². The second-order valence-corrected chi connectivity index (χ2v) is 9.75. The van der Waals surface area contributed by atoms with Crippen LogP contribution in [0.25, 0.3) is 33.3 Å². The smallest absolute Gasteiger partial charge is 0.321 e. The number of fused-ring (bicyclic) bond motifs is 1. The number of carbonyl (C=O) groups excluding carboxylic acids is 1. The molecule has 0 fully saturated rings. The summed E-state index contributed by atoms with van der Waals surface area (Å²) in [6.07, 6.45) is 11.1. The topological polar surface area (TPSA) is 166 Å². The highest BCUT2D eigenvalue weighted by molar-refractivity contribution is 7.46. The van der Waals surface area contributed by atoms with E-state index < -0.39 is 14.6 Å². The number of rotatable bonds is 9. The summed E-state index contributed by atoms with van der Waals surface area (Å²) in [6.45, 7) is 0.194. The quantitative estimate of drug-likeness (QED) is 0.215. The van der Waals surface area contributed by atoms with Gasteiger partial charge in [0.15, 0.2) is 0 Å². The molecular formula is C25H24N7O5P. The Morgan fingerprint density at radius 1 is 1.18 bits per heavy atom. The van der Waals surface area contributed by atoms with Gasteiger partial charge < -0.3 is 24.6 Å². The summed E-state index contributed by atoms with van der Waals surface area (Å²) in [5.74, 6) is -0.283. The molecule has 0 atom stereocenters. The number of amides is 1. The van der Waals surface area contributed by atoms with Gasteiger partial charge in [-0.1, -0.05) is 6.08 Å². The molecule has 0 unspecified atom stereocenters. The summed E-state index contributed by atoms with van der Waals surface area (Å²) < 4.78 is 17.4. The van der Waals surface area contributed by atoms with Crippen molar-refractivity contribution in [2.24, 2.45) is 0 Å². The van der Waals surface area contributed by atoms with Crippen molar-refractivity contribution in [1.82, 2.24) is 24.4 Å². The molecule has 4 aromatic rings. The molecule has 13 heteroatoms. The SMILES string of the molecule is CN(C)C/C=C/C(=O)Nc1cncc(-c2cnc3c(c2)c(-c2ccnc(C#N)c2)cn3COP(=O)(O)O)c1. The predicted molar refractivity (Wildman–Crippen MR) is 140 cm³/mol. The number of aromatic nitrogens is 4. The average molecular weight is 533 g/mol. The lowest BCUT2D eigenvalue weighted by molar-refractivity contribution is -0.111. The van der Waals surface area contributed by atoms with Gasteiger partial charge in [0.1, 0.15) is 24.1 Å². The molecule has 0 aliphatic rings. The zero-order valence-electron chi connectivity index (χ0n) is 20.5. The highest BCUT2D eigenvalue weighted by atomic mass is 31.2. The number of pyridine rings is 3. The van der Waals surface area contributed by atoms with Crippen molar-refractivity contribution in [2.45, 2.75) is 6.73 Å². The minimum absolute atomic E-state index is 0.214. The molecule has 12 nitrogen and oxygen atoms in total. The van der Waals surface area contributed by atoms with Crippen LogP contribution in [0.15, 0.2) is 67.4 Å². The standard InChI is InChI=1S/C25H24N7O5P/c1-31(2)7-3-4-24(33)30-21-9-18(12-27-14-21)19-10-22-23(17-5-6-28-20(8-17)11-26)15-32(25(22)29-13-19)16-37-38(34,35)36/h3-6,8-10,12-15H,7,16H2,1-2H3,(H,30,33)(H2,34,35,36)/b4-3+. The molecule has 4 aromatic heterocycles. The third kappa shape index (κ3) is 6.74.